The number of benzene rings is 2. The van der Waals surface area contributed by atoms with Gasteiger partial charge in [0.2, 0.25) is 0 Å². The second kappa shape index (κ2) is 6.84. The first-order chi connectivity index (χ1) is 11.2. The van der Waals surface area contributed by atoms with Crippen LogP contribution >= 0.6 is 11.8 Å². The second-order valence-electron chi connectivity index (χ2n) is 5.25. The Labute approximate surface area is 139 Å². The first-order valence-electron chi connectivity index (χ1n) is 7.34. The van der Waals surface area contributed by atoms with Crippen molar-refractivity contribution in [3.05, 3.63) is 71.4 Å². The SMILES string of the molecule is CSc1ccc(COC(=O)c2cc(C)nc3ccccc23)cc1. The molecule has 3 rings (SSSR count). The molecule has 0 unspecified atom stereocenters. The summed E-state index contributed by atoms with van der Waals surface area (Å²) in [5.41, 5.74) is 3.16. The van der Waals surface area contributed by atoms with Crippen molar-refractivity contribution in [3.63, 3.8) is 0 Å². The number of nitrogens with zero attached hydrogens (tertiary/aromatic N) is 1. The molecule has 1 heterocycles. The zero-order valence-corrected chi connectivity index (χ0v) is 13.9. The lowest BCUT2D eigenvalue weighted by atomic mass is 10.1. The number of hydrogen-bond acceptors (Lipinski definition) is 4. The van der Waals surface area contributed by atoms with Crippen molar-refractivity contribution < 1.29 is 9.53 Å². The van der Waals surface area contributed by atoms with Crippen molar-refractivity contribution in [2.24, 2.45) is 0 Å². The normalized spacial score (nSPS) is 10.7. The molecule has 0 saturated carbocycles. The highest BCUT2D eigenvalue weighted by Gasteiger charge is 2.13. The smallest absolute Gasteiger partial charge is 0.339 e. The van der Waals surface area contributed by atoms with E-state index in [1.807, 2.05) is 61.7 Å². The largest absolute Gasteiger partial charge is 0.457 e. The van der Waals surface area contributed by atoms with E-state index in [9.17, 15) is 4.79 Å². The van der Waals surface area contributed by atoms with Crippen molar-refractivity contribution >= 4 is 28.6 Å². The maximum absolute atomic E-state index is 12.5. The molecule has 0 aliphatic heterocycles. The minimum absolute atomic E-state index is 0.267. The first kappa shape index (κ1) is 15.6. The number of aryl methyl sites for hydroxylation is 1. The van der Waals surface area contributed by atoms with Gasteiger partial charge < -0.3 is 4.74 Å². The molecule has 3 aromatic rings. The molecule has 1 aromatic heterocycles. The Morgan fingerprint density at radius 1 is 1.13 bits per heavy atom. The fourth-order valence-corrected chi connectivity index (χ4v) is 2.83. The van der Waals surface area contributed by atoms with Crippen LogP contribution < -0.4 is 0 Å². The molecule has 23 heavy (non-hydrogen) atoms. The van der Waals surface area contributed by atoms with Crippen LogP contribution in [-0.4, -0.2) is 17.2 Å². The van der Waals surface area contributed by atoms with Gasteiger partial charge in [0.25, 0.3) is 0 Å². The second-order valence-corrected chi connectivity index (χ2v) is 6.13. The molecule has 3 nitrogen and oxygen atoms in total. The Morgan fingerprint density at radius 3 is 2.61 bits per heavy atom. The summed E-state index contributed by atoms with van der Waals surface area (Å²) in [4.78, 5) is 18.1. The quantitative estimate of drug-likeness (QED) is 0.519. The summed E-state index contributed by atoms with van der Waals surface area (Å²) in [6, 6.07) is 17.4. The van der Waals surface area contributed by atoms with Gasteiger partial charge in [-0.15, -0.1) is 11.8 Å². The molecular formula is C19H17NO2S. The van der Waals surface area contributed by atoms with Gasteiger partial charge in [0.1, 0.15) is 6.61 Å². The van der Waals surface area contributed by atoms with Gasteiger partial charge in [-0.25, -0.2) is 4.79 Å². The third kappa shape index (κ3) is 3.54. The third-order valence-corrected chi connectivity index (χ3v) is 4.34. The number of hydrogen-bond donors (Lipinski definition) is 0. The Morgan fingerprint density at radius 2 is 1.87 bits per heavy atom. The van der Waals surface area contributed by atoms with E-state index in [0.29, 0.717) is 5.56 Å². The van der Waals surface area contributed by atoms with Crippen molar-refractivity contribution in [2.75, 3.05) is 6.26 Å². The summed E-state index contributed by atoms with van der Waals surface area (Å²) in [7, 11) is 0. The molecule has 0 radical (unpaired) electrons. The number of carbonyl (C=O) groups excluding carboxylic acids is 1. The Kier molecular flexibility index (Phi) is 4.63. The van der Waals surface area contributed by atoms with Crippen molar-refractivity contribution in [1.82, 2.24) is 4.98 Å². The summed E-state index contributed by atoms with van der Waals surface area (Å²) in [6.07, 6.45) is 2.03. The van der Waals surface area contributed by atoms with Crippen LogP contribution in [0, 0.1) is 6.92 Å². The zero-order chi connectivity index (χ0) is 16.2. The number of ether oxygens (including phenoxy) is 1. The van der Waals surface area contributed by atoms with Gasteiger partial charge in [-0.2, -0.15) is 0 Å². The number of pyridine rings is 1. The Hall–Kier alpha value is -2.33. The fraction of sp³-hybridized carbons (Fsp3) is 0.158. The van der Waals surface area contributed by atoms with Crippen LogP contribution in [0.1, 0.15) is 21.6 Å². The van der Waals surface area contributed by atoms with Crippen LogP contribution in [0.2, 0.25) is 0 Å². The van der Waals surface area contributed by atoms with Crippen LogP contribution in [0.3, 0.4) is 0 Å². The van der Waals surface area contributed by atoms with Crippen LogP contribution in [0.5, 0.6) is 0 Å². The number of rotatable bonds is 4. The summed E-state index contributed by atoms with van der Waals surface area (Å²) in [5.74, 6) is -0.319. The van der Waals surface area contributed by atoms with Gasteiger partial charge in [0, 0.05) is 16.0 Å². The van der Waals surface area contributed by atoms with Gasteiger partial charge in [0.05, 0.1) is 11.1 Å². The molecule has 0 aliphatic carbocycles. The molecule has 0 N–H and O–H groups in total. The molecule has 116 valence electrons. The van der Waals surface area contributed by atoms with Crippen LogP contribution in [0.25, 0.3) is 10.9 Å². The predicted octanol–water partition coefficient (Wildman–Crippen LogP) is 4.62. The first-order valence-corrected chi connectivity index (χ1v) is 8.56. The minimum atomic E-state index is -0.319. The summed E-state index contributed by atoms with van der Waals surface area (Å²) in [5, 5.41) is 0.820. The van der Waals surface area contributed by atoms with Crippen molar-refractivity contribution in [3.8, 4) is 0 Å². The van der Waals surface area contributed by atoms with Gasteiger partial charge in [-0.3, -0.25) is 4.98 Å². The third-order valence-electron chi connectivity index (χ3n) is 3.59. The van der Waals surface area contributed by atoms with E-state index in [4.69, 9.17) is 4.74 Å². The monoisotopic (exact) mass is 323 g/mol. The summed E-state index contributed by atoms with van der Waals surface area (Å²) in [6.45, 7) is 2.15. The molecular weight excluding hydrogens is 306 g/mol. The Balaban J connectivity index is 1.80. The molecule has 0 bridgehead atoms. The lowest BCUT2D eigenvalue weighted by molar-refractivity contribution is 0.0475. The van der Waals surface area contributed by atoms with E-state index < -0.39 is 0 Å². The van der Waals surface area contributed by atoms with Gasteiger partial charge in [0.15, 0.2) is 0 Å². The topological polar surface area (TPSA) is 39.2 Å². The molecule has 0 atom stereocenters. The number of para-hydroxylation sites is 1. The molecule has 0 saturated heterocycles. The molecule has 4 heteroatoms. The highest BCUT2D eigenvalue weighted by molar-refractivity contribution is 7.98. The minimum Gasteiger partial charge on any atom is -0.457 e. The van der Waals surface area contributed by atoms with Crippen LogP contribution in [0.15, 0.2) is 59.5 Å². The van der Waals surface area contributed by atoms with E-state index in [0.717, 1.165) is 22.2 Å². The maximum Gasteiger partial charge on any atom is 0.339 e. The van der Waals surface area contributed by atoms with E-state index in [-0.39, 0.29) is 12.6 Å². The standard InChI is InChI=1S/C19H17NO2S/c1-13-11-17(16-5-3-4-6-18(16)20-13)19(21)22-12-14-7-9-15(23-2)10-8-14/h3-11H,12H2,1-2H3. The molecule has 0 aliphatic rings. The number of fused-ring (bicyclic) bond motifs is 1. The predicted molar refractivity (Wildman–Crippen MR) is 93.8 cm³/mol. The van der Waals surface area contributed by atoms with Crippen molar-refractivity contribution in [2.45, 2.75) is 18.4 Å². The highest BCUT2D eigenvalue weighted by atomic mass is 32.2. The van der Waals surface area contributed by atoms with Gasteiger partial charge >= 0.3 is 5.97 Å². The highest BCUT2D eigenvalue weighted by Crippen LogP contribution is 2.20. The van der Waals surface area contributed by atoms with Crippen molar-refractivity contribution in [1.29, 1.82) is 0 Å². The van der Waals surface area contributed by atoms with Crippen LogP contribution in [-0.2, 0) is 11.3 Å². The molecule has 0 amide bonds. The maximum atomic E-state index is 12.5. The summed E-state index contributed by atoms with van der Waals surface area (Å²) < 4.78 is 5.48. The lowest BCUT2D eigenvalue weighted by Gasteiger charge is -2.09. The number of aromatic nitrogens is 1. The van der Waals surface area contributed by atoms with E-state index in [2.05, 4.69) is 4.98 Å². The van der Waals surface area contributed by atoms with Gasteiger partial charge in [-0.1, -0.05) is 30.3 Å². The van der Waals surface area contributed by atoms with E-state index >= 15 is 0 Å². The average molecular weight is 323 g/mol. The summed E-state index contributed by atoms with van der Waals surface area (Å²) >= 11 is 1.69. The lowest BCUT2D eigenvalue weighted by Crippen LogP contribution is -2.07. The Bertz CT molecular complexity index is 844. The fourth-order valence-electron chi connectivity index (χ4n) is 2.43. The number of thioether (sulfide) groups is 1. The van der Waals surface area contributed by atoms with Crippen LogP contribution in [0.4, 0.5) is 0 Å². The average Bonchev–Trinajstić information content (AvgIpc) is 2.59. The molecule has 0 fully saturated rings. The zero-order valence-electron chi connectivity index (χ0n) is 13.1. The van der Waals surface area contributed by atoms with Gasteiger partial charge in [-0.05, 0) is 43.0 Å². The number of esters is 1. The van der Waals surface area contributed by atoms with E-state index in [1.54, 1.807) is 17.8 Å². The number of carbonyl (C=O) groups is 1. The molecule has 2 aromatic carbocycles. The van der Waals surface area contributed by atoms with E-state index in [1.165, 1.54) is 4.90 Å². The molecule has 0 spiro atoms.